The lowest BCUT2D eigenvalue weighted by Gasteiger charge is -2.25. The number of H-pyrrole nitrogens is 1. The summed E-state index contributed by atoms with van der Waals surface area (Å²) in [6.07, 6.45) is 2.79. The number of fused-ring (bicyclic) bond motifs is 1. The zero-order chi connectivity index (χ0) is 29.9. The van der Waals surface area contributed by atoms with E-state index in [4.69, 9.17) is 4.74 Å². The number of ether oxygens (including phenoxy) is 1. The molecule has 218 valence electrons. The molecule has 3 N–H and O–H groups in total. The molecule has 0 unspecified atom stereocenters. The summed E-state index contributed by atoms with van der Waals surface area (Å²) in [7, 11) is 0. The van der Waals surface area contributed by atoms with Crippen molar-refractivity contribution in [3.8, 4) is 11.5 Å². The van der Waals surface area contributed by atoms with Crippen LogP contribution in [0.15, 0.2) is 73.1 Å². The van der Waals surface area contributed by atoms with Gasteiger partial charge in [0.15, 0.2) is 5.67 Å². The maximum Gasteiger partial charge on any atom is 0.251 e. The molecule has 1 aliphatic rings. The third kappa shape index (κ3) is 6.37. The average Bonchev–Trinajstić information content (AvgIpc) is 3.59. The van der Waals surface area contributed by atoms with Gasteiger partial charge in [-0.15, -0.1) is 0 Å². The van der Waals surface area contributed by atoms with E-state index in [1.165, 1.54) is 48.5 Å². The number of pyridine rings is 1. The highest BCUT2D eigenvalue weighted by atomic mass is 19.2. The summed E-state index contributed by atoms with van der Waals surface area (Å²) >= 11 is 0. The number of halogens is 3. The molecule has 3 amide bonds. The molecule has 0 bridgehead atoms. The number of benzene rings is 2. The first-order chi connectivity index (χ1) is 20.1. The summed E-state index contributed by atoms with van der Waals surface area (Å²) in [5, 5.41) is 6.08. The zero-order valence-corrected chi connectivity index (χ0v) is 22.6. The van der Waals surface area contributed by atoms with E-state index in [2.05, 4.69) is 20.6 Å². The molecule has 1 aliphatic heterocycles. The van der Waals surface area contributed by atoms with Crippen molar-refractivity contribution < 1.29 is 32.3 Å². The SMILES string of the molecule is C[C@@H](NC(=O)[C@@H]1C[C@](F)(CF)CN1C(=O)CNC(=O)c1ccc(Oc2ccc(F)cc2)cc1)c1cc2cnccc2[nH]1. The van der Waals surface area contributed by atoms with E-state index >= 15 is 4.39 Å². The van der Waals surface area contributed by atoms with E-state index in [0.29, 0.717) is 17.2 Å². The van der Waals surface area contributed by atoms with Gasteiger partial charge >= 0.3 is 0 Å². The van der Waals surface area contributed by atoms with Gasteiger partial charge in [0.1, 0.15) is 30.0 Å². The van der Waals surface area contributed by atoms with Crippen LogP contribution >= 0.6 is 0 Å². The molecule has 1 fully saturated rings. The van der Waals surface area contributed by atoms with Gasteiger partial charge in [0, 0.05) is 41.0 Å². The molecule has 2 aromatic carbocycles. The first-order valence-corrected chi connectivity index (χ1v) is 13.2. The number of nitrogens with one attached hydrogen (secondary N) is 3. The van der Waals surface area contributed by atoms with Crippen molar-refractivity contribution in [2.24, 2.45) is 0 Å². The van der Waals surface area contributed by atoms with Crippen molar-refractivity contribution in [1.82, 2.24) is 25.5 Å². The van der Waals surface area contributed by atoms with Crippen molar-refractivity contribution in [2.45, 2.75) is 31.1 Å². The van der Waals surface area contributed by atoms with Crippen molar-refractivity contribution in [2.75, 3.05) is 19.8 Å². The smallest absolute Gasteiger partial charge is 0.251 e. The zero-order valence-electron chi connectivity index (χ0n) is 22.6. The summed E-state index contributed by atoms with van der Waals surface area (Å²) in [6, 6.07) is 13.3. The lowest BCUT2D eigenvalue weighted by Crippen LogP contribution is -2.49. The molecule has 3 atom stereocenters. The number of aromatic amines is 1. The fourth-order valence-electron chi connectivity index (χ4n) is 4.82. The second kappa shape index (κ2) is 11.9. The van der Waals surface area contributed by atoms with E-state index in [1.807, 2.05) is 6.07 Å². The maximum absolute atomic E-state index is 15.1. The standard InChI is InChI=1S/C30H28F3N5O4/c1-18(25-12-20-14-34-11-10-24(20)37-25)36-29(41)26-13-30(33,16-31)17-38(26)27(39)15-35-28(40)19-2-6-22(7-3-19)42-23-8-4-21(32)5-9-23/h2-12,14,18,26,37H,13,15-17H2,1H3,(H,35,40)(H,36,41)/t18-,26+,30+/m1/s1. The van der Waals surface area contributed by atoms with Gasteiger partial charge in [-0.2, -0.15) is 0 Å². The lowest BCUT2D eigenvalue weighted by molar-refractivity contribution is -0.138. The van der Waals surface area contributed by atoms with Gasteiger partial charge in [0.05, 0.1) is 19.1 Å². The van der Waals surface area contributed by atoms with Gasteiger partial charge < -0.3 is 25.3 Å². The summed E-state index contributed by atoms with van der Waals surface area (Å²) < 4.78 is 47.3. The van der Waals surface area contributed by atoms with E-state index in [0.717, 1.165) is 15.8 Å². The Labute approximate surface area is 239 Å². The Kier molecular flexibility index (Phi) is 8.14. The minimum absolute atomic E-state index is 0.218. The molecule has 0 radical (unpaired) electrons. The molecule has 4 aromatic rings. The van der Waals surface area contributed by atoms with Crippen LogP contribution in [-0.2, 0) is 9.59 Å². The van der Waals surface area contributed by atoms with Crippen molar-refractivity contribution in [3.05, 3.63) is 90.1 Å². The minimum atomic E-state index is -2.38. The number of rotatable bonds is 9. The Morgan fingerprint density at radius 1 is 1.12 bits per heavy atom. The number of hydrogen-bond donors (Lipinski definition) is 3. The predicted molar refractivity (Wildman–Crippen MR) is 148 cm³/mol. The first kappa shape index (κ1) is 28.7. The number of alkyl halides is 2. The lowest BCUT2D eigenvalue weighted by atomic mass is 10.0. The second-order valence-corrected chi connectivity index (χ2v) is 10.2. The third-order valence-corrected chi connectivity index (χ3v) is 7.08. The first-order valence-electron chi connectivity index (χ1n) is 13.2. The predicted octanol–water partition coefficient (Wildman–Crippen LogP) is 4.38. The molecule has 1 saturated heterocycles. The molecule has 0 aliphatic carbocycles. The second-order valence-electron chi connectivity index (χ2n) is 10.2. The molecule has 42 heavy (non-hydrogen) atoms. The number of nitrogens with zero attached hydrogens (tertiary/aromatic N) is 2. The molecule has 3 heterocycles. The highest BCUT2D eigenvalue weighted by molar-refractivity contribution is 5.97. The highest BCUT2D eigenvalue weighted by Gasteiger charge is 2.49. The molecule has 9 nitrogen and oxygen atoms in total. The summed E-state index contributed by atoms with van der Waals surface area (Å²) in [4.78, 5) is 47.1. The number of carbonyl (C=O) groups excluding carboxylic acids is 3. The van der Waals surface area contributed by atoms with Crippen molar-refractivity contribution in [1.29, 1.82) is 0 Å². The fourth-order valence-corrected chi connectivity index (χ4v) is 4.82. The van der Waals surface area contributed by atoms with Crippen LogP contribution in [0.25, 0.3) is 10.9 Å². The Morgan fingerprint density at radius 2 is 1.81 bits per heavy atom. The molecule has 2 aromatic heterocycles. The molecular weight excluding hydrogens is 551 g/mol. The van der Waals surface area contributed by atoms with Crippen LogP contribution in [0.2, 0.25) is 0 Å². The fraction of sp³-hybridized carbons (Fsp3) is 0.267. The van der Waals surface area contributed by atoms with Gasteiger partial charge in [0.2, 0.25) is 11.8 Å². The van der Waals surface area contributed by atoms with Crippen molar-refractivity contribution in [3.63, 3.8) is 0 Å². The third-order valence-electron chi connectivity index (χ3n) is 7.08. The summed E-state index contributed by atoms with van der Waals surface area (Å²) in [6.45, 7) is -0.767. The van der Waals surface area contributed by atoms with Gasteiger partial charge in [-0.05, 0) is 67.6 Å². The molecule has 0 spiro atoms. The van der Waals surface area contributed by atoms with Crippen LogP contribution in [0.3, 0.4) is 0 Å². The summed E-state index contributed by atoms with van der Waals surface area (Å²) in [5.41, 5.74) is -0.654. The Bertz CT molecular complexity index is 1560. The van der Waals surface area contributed by atoms with E-state index in [1.54, 1.807) is 25.4 Å². The number of hydrogen-bond acceptors (Lipinski definition) is 5. The number of carbonyl (C=O) groups is 3. The number of likely N-dealkylation sites (tertiary alicyclic amines) is 1. The number of aromatic nitrogens is 2. The molecule has 0 saturated carbocycles. The van der Waals surface area contributed by atoms with Gasteiger partial charge in [0.25, 0.3) is 5.91 Å². The maximum atomic E-state index is 15.1. The minimum Gasteiger partial charge on any atom is -0.457 e. The highest BCUT2D eigenvalue weighted by Crippen LogP contribution is 2.32. The van der Waals surface area contributed by atoms with Crippen LogP contribution in [0.4, 0.5) is 13.2 Å². The number of amides is 3. The van der Waals surface area contributed by atoms with Gasteiger partial charge in [-0.25, -0.2) is 13.2 Å². The largest absolute Gasteiger partial charge is 0.457 e. The Morgan fingerprint density at radius 3 is 2.48 bits per heavy atom. The van der Waals surface area contributed by atoms with Gasteiger partial charge in [-0.1, -0.05) is 0 Å². The molecular formula is C30H28F3N5O4. The van der Waals surface area contributed by atoms with E-state index in [9.17, 15) is 23.2 Å². The Balaban J connectivity index is 1.19. The van der Waals surface area contributed by atoms with Crippen LogP contribution in [-0.4, -0.2) is 64.1 Å². The quantitative estimate of drug-likeness (QED) is 0.272. The molecule has 5 rings (SSSR count). The Hall–Kier alpha value is -4.87. The monoisotopic (exact) mass is 579 g/mol. The van der Waals surface area contributed by atoms with E-state index in [-0.39, 0.29) is 5.56 Å². The normalized spacial score (nSPS) is 19.0. The van der Waals surface area contributed by atoms with Crippen LogP contribution in [0.1, 0.15) is 35.4 Å². The molecule has 12 heteroatoms. The van der Waals surface area contributed by atoms with E-state index < -0.39 is 67.5 Å². The van der Waals surface area contributed by atoms with Gasteiger partial charge in [-0.3, -0.25) is 19.4 Å². The van der Waals surface area contributed by atoms with Crippen molar-refractivity contribution >= 4 is 28.6 Å². The van der Waals surface area contributed by atoms with Crippen LogP contribution in [0, 0.1) is 5.82 Å². The summed E-state index contributed by atoms with van der Waals surface area (Å²) in [5.74, 6) is -1.53. The van der Waals surface area contributed by atoms with Crippen LogP contribution in [0.5, 0.6) is 11.5 Å². The average molecular weight is 580 g/mol. The topological polar surface area (TPSA) is 116 Å². The van der Waals surface area contributed by atoms with Crippen LogP contribution < -0.4 is 15.4 Å².